The number of nitrogens with zero attached hydrogens (tertiary/aromatic N) is 1. The number of anilines is 1. The predicted octanol–water partition coefficient (Wildman–Crippen LogP) is 6.91. The normalized spacial score (nSPS) is 11.2. The lowest BCUT2D eigenvalue weighted by atomic mass is 10.0. The van der Waals surface area contributed by atoms with Gasteiger partial charge in [0.15, 0.2) is 12.2 Å². The monoisotopic (exact) mass is 448 g/mol. The van der Waals surface area contributed by atoms with Crippen LogP contribution in [0.2, 0.25) is 5.02 Å². The number of carbonyl (C=O) groups excluding carboxylic acids is 1. The van der Waals surface area contributed by atoms with Crippen LogP contribution in [0.15, 0.2) is 59.0 Å². The lowest BCUT2D eigenvalue weighted by Crippen LogP contribution is -2.20. The quantitative estimate of drug-likeness (QED) is 0.348. The molecule has 164 valence electrons. The SMILES string of the molecule is Cc1ccc(OCC(=O)Nc2ccc(Cl)c(-c3nc4cc(C(C)C)ccc4o3)c2)c(C)c1. The number of oxazole rings is 1. The molecule has 0 aliphatic rings. The van der Waals surface area contributed by atoms with E-state index in [1.165, 1.54) is 5.56 Å². The highest BCUT2D eigenvalue weighted by Gasteiger charge is 2.15. The molecule has 0 saturated heterocycles. The Kier molecular flexibility index (Phi) is 6.19. The minimum atomic E-state index is -0.266. The summed E-state index contributed by atoms with van der Waals surface area (Å²) in [5.74, 6) is 1.23. The van der Waals surface area contributed by atoms with Gasteiger partial charge in [-0.1, -0.05) is 49.2 Å². The van der Waals surface area contributed by atoms with Crippen molar-refractivity contribution in [1.82, 2.24) is 4.98 Å². The van der Waals surface area contributed by atoms with E-state index in [0.717, 1.165) is 16.6 Å². The van der Waals surface area contributed by atoms with Crippen LogP contribution < -0.4 is 10.1 Å². The number of rotatable bonds is 6. The highest BCUT2D eigenvalue weighted by Crippen LogP contribution is 2.33. The third-order valence-corrected chi connectivity index (χ3v) is 5.58. The summed E-state index contributed by atoms with van der Waals surface area (Å²) in [5.41, 5.74) is 5.99. The third-order valence-electron chi connectivity index (χ3n) is 5.25. The van der Waals surface area contributed by atoms with Crippen molar-refractivity contribution in [2.75, 3.05) is 11.9 Å². The van der Waals surface area contributed by atoms with Crippen LogP contribution in [0.4, 0.5) is 5.69 Å². The minimum Gasteiger partial charge on any atom is -0.483 e. The number of ether oxygens (including phenoxy) is 1. The Morgan fingerprint density at radius 1 is 1.09 bits per heavy atom. The Balaban J connectivity index is 1.51. The number of hydrogen-bond acceptors (Lipinski definition) is 4. The average Bonchev–Trinajstić information content (AvgIpc) is 3.17. The van der Waals surface area contributed by atoms with Crippen LogP contribution in [0, 0.1) is 13.8 Å². The fraction of sp³-hybridized carbons (Fsp3) is 0.231. The van der Waals surface area contributed by atoms with Crippen molar-refractivity contribution in [3.05, 3.63) is 76.3 Å². The van der Waals surface area contributed by atoms with Gasteiger partial charge in [-0.05, 0) is 67.3 Å². The average molecular weight is 449 g/mol. The second-order valence-electron chi connectivity index (χ2n) is 8.20. The number of carbonyl (C=O) groups is 1. The van der Waals surface area contributed by atoms with E-state index < -0.39 is 0 Å². The maximum atomic E-state index is 12.4. The summed E-state index contributed by atoms with van der Waals surface area (Å²) in [6.07, 6.45) is 0. The zero-order chi connectivity index (χ0) is 22.8. The van der Waals surface area contributed by atoms with Gasteiger partial charge in [0.2, 0.25) is 5.89 Å². The Bertz CT molecular complexity index is 1290. The Morgan fingerprint density at radius 2 is 1.91 bits per heavy atom. The fourth-order valence-corrected chi connectivity index (χ4v) is 3.69. The first-order valence-corrected chi connectivity index (χ1v) is 10.9. The van der Waals surface area contributed by atoms with Gasteiger partial charge in [-0.2, -0.15) is 0 Å². The van der Waals surface area contributed by atoms with E-state index in [1.54, 1.807) is 18.2 Å². The standard InChI is InChI=1S/C26H25ClN2O3/c1-15(2)18-6-10-24-22(12-18)29-26(32-24)20-13-19(7-8-21(20)27)28-25(30)14-31-23-9-5-16(3)11-17(23)4/h5-13,15H,14H2,1-4H3,(H,28,30). The van der Waals surface area contributed by atoms with Crippen LogP contribution in [0.3, 0.4) is 0 Å². The van der Waals surface area contributed by atoms with Gasteiger partial charge in [-0.3, -0.25) is 4.79 Å². The number of hydrogen-bond donors (Lipinski definition) is 1. The van der Waals surface area contributed by atoms with E-state index in [1.807, 2.05) is 50.2 Å². The molecule has 1 amide bonds. The molecule has 0 bridgehead atoms. The summed E-state index contributed by atoms with van der Waals surface area (Å²) < 4.78 is 11.6. The molecule has 32 heavy (non-hydrogen) atoms. The summed E-state index contributed by atoms with van der Waals surface area (Å²) in [4.78, 5) is 17.0. The van der Waals surface area contributed by atoms with Crippen LogP contribution in [0.5, 0.6) is 5.75 Å². The molecule has 4 rings (SSSR count). The highest BCUT2D eigenvalue weighted by molar-refractivity contribution is 6.33. The first-order valence-electron chi connectivity index (χ1n) is 10.5. The predicted molar refractivity (Wildman–Crippen MR) is 129 cm³/mol. The van der Waals surface area contributed by atoms with Gasteiger partial charge in [0.25, 0.3) is 5.91 Å². The van der Waals surface area contributed by atoms with Crippen molar-refractivity contribution >= 4 is 34.3 Å². The Hall–Kier alpha value is -3.31. The van der Waals surface area contributed by atoms with Gasteiger partial charge < -0.3 is 14.5 Å². The zero-order valence-corrected chi connectivity index (χ0v) is 19.3. The summed E-state index contributed by atoms with van der Waals surface area (Å²) in [7, 11) is 0. The number of amides is 1. The van der Waals surface area contributed by atoms with Crippen LogP contribution >= 0.6 is 11.6 Å². The lowest BCUT2D eigenvalue weighted by molar-refractivity contribution is -0.118. The molecule has 0 aliphatic heterocycles. The second-order valence-corrected chi connectivity index (χ2v) is 8.61. The molecule has 5 nitrogen and oxygen atoms in total. The number of nitrogens with one attached hydrogen (secondary N) is 1. The molecular weight excluding hydrogens is 424 g/mol. The molecule has 1 heterocycles. The van der Waals surface area contributed by atoms with Crippen molar-refractivity contribution in [2.24, 2.45) is 0 Å². The maximum absolute atomic E-state index is 12.4. The van der Waals surface area contributed by atoms with Gasteiger partial charge >= 0.3 is 0 Å². The van der Waals surface area contributed by atoms with E-state index in [0.29, 0.717) is 39.4 Å². The molecule has 0 unspecified atom stereocenters. The third kappa shape index (κ3) is 4.78. The molecule has 0 aliphatic carbocycles. The van der Waals surface area contributed by atoms with Crippen LogP contribution in [-0.2, 0) is 4.79 Å². The number of benzene rings is 3. The summed E-state index contributed by atoms with van der Waals surface area (Å²) in [6, 6.07) is 17.0. The molecule has 0 radical (unpaired) electrons. The number of aromatic nitrogens is 1. The van der Waals surface area contributed by atoms with Crippen molar-refractivity contribution < 1.29 is 13.9 Å². The molecule has 1 N–H and O–H groups in total. The molecule has 6 heteroatoms. The van der Waals surface area contributed by atoms with E-state index in [2.05, 4.69) is 24.1 Å². The van der Waals surface area contributed by atoms with Crippen molar-refractivity contribution in [2.45, 2.75) is 33.6 Å². The number of aryl methyl sites for hydroxylation is 2. The number of fused-ring (bicyclic) bond motifs is 1. The molecule has 1 aromatic heterocycles. The van der Waals surface area contributed by atoms with Crippen LogP contribution in [0.1, 0.15) is 36.5 Å². The number of halogens is 1. The molecule has 0 fully saturated rings. The fourth-order valence-electron chi connectivity index (χ4n) is 3.49. The van der Waals surface area contributed by atoms with Gasteiger partial charge in [0.1, 0.15) is 11.3 Å². The van der Waals surface area contributed by atoms with Crippen molar-refractivity contribution in [3.8, 4) is 17.2 Å². The second kappa shape index (κ2) is 9.05. The molecule has 3 aromatic carbocycles. The minimum absolute atomic E-state index is 0.0945. The summed E-state index contributed by atoms with van der Waals surface area (Å²) in [6.45, 7) is 8.14. The molecule has 0 atom stereocenters. The molecule has 0 spiro atoms. The highest BCUT2D eigenvalue weighted by atomic mass is 35.5. The lowest BCUT2D eigenvalue weighted by Gasteiger charge is -2.11. The van der Waals surface area contributed by atoms with Crippen LogP contribution in [0.25, 0.3) is 22.6 Å². The van der Waals surface area contributed by atoms with E-state index in [-0.39, 0.29) is 12.5 Å². The van der Waals surface area contributed by atoms with Crippen LogP contribution in [-0.4, -0.2) is 17.5 Å². The van der Waals surface area contributed by atoms with E-state index >= 15 is 0 Å². The summed E-state index contributed by atoms with van der Waals surface area (Å²) in [5, 5.41) is 3.34. The molecular formula is C26H25ClN2O3. The molecule has 4 aromatic rings. The smallest absolute Gasteiger partial charge is 0.262 e. The van der Waals surface area contributed by atoms with Crippen molar-refractivity contribution in [1.29, 1.82) is 0 Å². The maximum Gasteiger partial charge on any atom is 0.262 e. The van der Waals surface area contributed by atoms with Gasteiger partial charge in [0.05, 0.1) is 10.6 Å². The Morgan fingerprint density at radius 3 is 2.66 bits per heavy atom. The largest absolute Gasteiger partial charge is 0.483 e. The van der Waals surface area contributed by atoms with Crippen molar-refractivity contribution in [3.63, 3.8) is 0 Å². The first-order chi connectivity index (χ1) is 15.3. The first kappa shape index (κ1) is 21.9. The van der Waals surface area contributed by atoms with Gasteiger partial charge in [-0.25, -0.2) is 4.98 Å². The van der Waals surface area contributed by atoms with Gasteiger partial charge in [-0.15, -0.1) is 0 Å². The van der Waals surface area contributed by atoms with E-state index in [4.69, 9.17) is 20.8 Å². The Labute approximate surface area is 192 Å². The summed E-state index contributed by atoms with van der Waals surface area (Å²) >= 11 is 6.41. The van der Waals surface area contributed by atoms with E-state index in [9.17, 15) is 4.79 Å². The van der Waals surface area contributed by atoms with Gasteiger partial charge in [0, 0.05) is 5.69 Å². The molecule has 0 saturated carbocycles. The zero-order valence-electron chi connectivity index (χ0n) is 18.5. The topological polar surface area (TPSA) is 64.4 Å².